The van der Waals surface area contributed by atoms with E-state index < -0.39 is 5.97 Å². The Kier molecular flexibility index (Phi) is 5.74. The number of ether oxygens (including phenoxy) is 1. The summed E-state index contributed by atoms with van der Waals surface area (Å²) in [5.41, 5.74) is 3.14. The number of methoxy groups -OCH3 is 1. The number of carbonyl (C=O) groups excluding carboxylic acids is 2. The number of benzene rings is 2. The predicted octanol–water partition coefficient (Wildman–Crippen LogP) is 3.15. The number of aryl methyl sites for hydroxylation is 1. The maximum Gasteiger partial charge on any atom is 0.339 e. The van der Waals surface area contributed by atoms with Crippen LogP contribution in [0.25, 0.3) is 0 Å². The molecule has 2 N–H and O–H groups in total. The van der Waals surface area contributed by atoms with Gasteiger partial charge in [-0.25, -0.2) is 9.59 Å². The minimum absolute atomic E-state index is 0.323. The van der Waals surface area contributed by atoms with Crippen molar-refractivity contribution in [3.05, 3.63) is 65.2 Å². The van der Waals surface area contributed by atoms with Crippen LogP contribution in [0.2, 0.25) is 0 Å². The number of nitrogens with one attached hydrogen (secondary N) is 2. The second-order valence-corrected chi connectivity index (χ2v) is 5.09. The lowest BCUT2D eigenvalue weighted by molar-refractivity contribution is 0.0602. The standard InChI is InChI=1S/C18H20N2O3/c1-13-7-3-4-8-14(13)11-12-19-18(22)20-16-10-6-5-9-15(16)17(21)23-2/h3-10H,11-12H2,1-2H3,(H2,19,20,22). The van der Waals surface area contributed by atoms with Gasteiger partial charge in [-0.3, -0.25) is 0 Å². The summed E-state index contributed by atoms with van der Waals surface area (Å²) in [7, 11) is 1.31. The topological polar surface area (TPSA) is 67.4 Å². The maximum absolute atomic E-state index is 12.0. The Morgan fingerprint density at radius 1 is 1.04 bits per heavy atom. The first kappa shape index (κ1) is 16.5. The number of urea groups is 1. The monoisotopic (exact) mass is 312 g/mol. The van der Waals surface area contributed by atoms with E-state index in [1.54, 1.807) is 24.3 Å². The van der Waals surface area contributed by atoms with E-state index in [0.29, 0.717) is 17.8 Å². The van der Waals surface area contributed by atoms with E-state index in [-0.39, 0.29) is 6.03 Å². The van der Waals surface area contributed by atoms with Crippen LogP contribution in [0.1, 0.15) is 21.5 Å². The quantitative estimate of drug-likeness (QED) is 0.833. The number of carbonyl (C=O) groups is 2. The molecule has 23 heavy (non-hydrogen) atoms. The summed E-state index contributed by atoms with van der Waals surface area (Å²) in [5.74, 6) is -0.485. The van der Waals surface area contributed by atoms with Gasteiger partial charge in [0.25, 0.3) is 0 Å². The van der Waals surface area contributed by atoms with Crippen molar-refractivity contribution in [2.45, 2.75) is 13.3 Å². The van der Waals surface area contributed by atoms with Crippen molar-refractivity contribution in [2.75, 3.05) is 19.0 Å². The van der Waals surface area contributed by atoms with E-state index in [1.807, 2.05) is 31.2 Å². The Hall–Kier alpha value is -2.82. The molecule has 0 radical (unpaired) electrons. The number of hydrogen-bond donors (Lipinski definition) is 2. The lowest BCUT2D eigenvalue weighted by Gasteiger charge is -2.11. The van der Waals surface area contributed by atoms with Gasteiger partial charge in [0.1, 0.15) is 0 Å². The Morgan fingerprint density at radius 3 is 2.48 bits per heavy atom. The zero-order valence-electron chi connectivity index (χ0n) is 13.3. The van der Waals surface area contributed by atoms with Crippen LogP contribution in [0.4, 0.5) is 10.5 Å². The number of anilines is 1. The Balaban J connectivity index is 1.91. The first-order valence-electron chi connectivity index (χ1n) is 7.38. The molecule has 0 saturated carbocycles. The van der Waals surface area contributed by atoms with E-state index in [9.17, 15) is 9.59 Å². The Labute approximate surface area is 135 Å². The largest absolute Gasteiger partial charge is 0.465 e. The molecule has 2 aromatic rings. The molecule has 0 aliphatic heterocycles. The summed E-state index contributed by atoms with van der Waals surface area (Å²) >= 11 is 0. The highest BCUT2D eigenvalue weighted by molar-refractivity contribution is 6.00. The summed E-state index contributed by atoms with van der Waals surface area (Å²) in [4.78, 5) is 23.6. The molecule has 0 aliphatic carbocycles. The molecule has 2 aromatic carbocycles. The van der Waals surface area contributed by atoms with Gasteiger partial charge in [-0.1, -0.05) is 36.4 Å². The van der Waals surface area contributed by atoms with E-state index >= 15 is 0 Å². The fraction of sp³-hybridized carbons (Fsp3) is 0.222. The molecule has 2 rings (SSSR count). The number of amides is 2. The second-order valence-electron chi connectivity index (χ2n) is 5.09. The van der Waals surface area contributed by atoms with Gasteiger partial charge in [0.05, 0.1) is 18.4 Å². The minimum atomic E-state index is -0.485. The molecule has 0 unspecified atom stereocenters. The smallest absolute Gasteiger partial charge is 0.339 e. The predicted molar refractivity (Wildman–Crippen MR) is 89.7 cm³/mol. The van der Waals surface area contributed by atoms with Gasteiger partial charge in [-0.2, -0.15) is 0 Å². The maximum atomic E-state index is 12.0. The van der Waals surface area contributed by atoms with Gasteiger partial charge in [0.2, 0.25) is 0 Å². The zero-order valence-corrected chi connectivity index (χ0v) is 13.3. The number of para-hydroxylation sites is 1. The third kappa shape index (κ3) is 4.57. The van der Waals surface area contributed by atoms with Gasteiger partial charge in [0, 0.05) is 6.54 Å². The van der Waals surface area contributed by atoms with Crippen molar-refractivity contribution >= 4 is 17.7 Å². The van der Waals surface area contributed by atoms with Gasteiger partial charge in [-0.15, -0.1) is 0 Å². The highest BCUT2D eigenvalue weighted by Crippen LogP contribution is 2.15. The van der Waals surface area contributed by atoms with Crippen molar-refractivity contribution in [3.8, 4) is 0 Å². The number of esters is 1. The molecule has 0 aliphatic rings. The van der Waals surface area contributed by atoms with Crippen LogP contribution in [0.15, 0.2) is 48.5 Å². The van der Waals surface area contributed by atoms with Gasteiger partial charge in [0.15, 0.2) is 0 Å². The van der Waals surface area contributed by atoms with Crippen molar-refractivity contribution in [1.29, 1.82) is 0 Å². The minimum Gasteiger partial charge on any atom is -0.465 e. The lowest BCUT2D eigenvalue weighted by Crippen LogP contribution is -2.31. The third-order valence-corrected chi connectivity index (χ3v) is 3.52. The van der Waals surface area contributed by atoms with Gasteiger partial charge >= 0.3 is 12.0 Å². The van der Waals surface area contributed by atoms with Crippen LogP contribution in [0.3, 0.4) is 0 Å². The lowest BCUT2D eigenvalue weighted by atomic mass is 10.1. The fourth-order valence-corrected chi connectivity index (χ4v) is 2.25. The molecule has 5 nitrogen and oxygen atoms in total. The van der Waals surface area contributed by atoms with E-state index in [2.05, 4.69) is 10.6 Å². The summed E-state index contributed by atoms with van der Waals surface area (Å²) < 4.78 is 4.70. The van der Waals surface area contributed by atoms with Gasteiger partial charge < -0.3 is 15.4 Å². The average molecular weight is 312 g/mol. The summed E-state index contributed by atoms with van der Waals surface area (Å²) in [5, 5.41) is 5.46. The van der Waals surface area contributed by atoms with Gasteiger partial charge in [-0.05, 0) is 36.6 Å². The van der Waals surface area contributed by atoms with E-state index in [4.69, 9.17) is 4.74 Å². The summed E-state index contributed by atoms with van der Waals surface area (Å²) in [6.07, 6.45) is 0.749. The molecule has 0 bridgehead atoms. The van der Waals surface area contributed by atoms with E-state index in [0.717, 1.165) is 6.42 Å². The molecule has 0 fully saturated rings. The van der Waals surface area contributed by atoms with Crippen LogP contribution in [-0.4, -0.2) is 25.7 Å². The van der Waals surface area contributed by atoms with Crippen LogP contribution >= 0.6 is 0 Å². The Morgan fingerprint density at radius 2 is 1.74 bits per heavy atom. The zero-order chi connectivity index (χ0) is 16.7. The SMILES string of the molecule is COC(=O)c1ccccc1NC(=O)NCCc1ccccc1C. The number of hydrogen-bond acceptors (Lipinski definition) is 3. The highest BCUT2D eigenvalue weighted by atomic mass is 16.5. The average Bonchev–Trinajstić information content (AvgIpc) is 2.56. The third-order valence-electron chi connectivity index (χ3n) is 3.52. The van der Waals surface area contributed by atoms with Crippen LogP contribution in [0.5, 0.6) is 0 Å². The number of rotatable bonds is 5. The molecule has 5 heteroatoms. The normalized spacial score (nSPS) is 10.0. The Bertz CT molecular complexity index is 698. The molecular weight excluding hydrogens is 292 g/mol. The first-order valence-corrected chi connectivity index (χ1v) is 7.38. The molecule has 2 amide bonds. The van der Waals surface area contributed by atoms with E-state index in [1.165, 1.54) is 18.2 Å². The molecule has 0 heterocycles. The fourth-order valence-electron chi connectivity index (χ4n) is 2.25. The summed E-state index contributed by atoms with van der Waals surface area (Å²) in [6.45, 7) is 2.55. The second kappa shape index (κ2) is 7.98. The highest BCUT2D eigenvalue weighted by Gasteiger charge is 2.12. The molecule has 120 valence electrons. The van der Waals surface area contributed by atoms with Crippen molar-refractivity contribution in [1.82, 2.24) is 5.32 Å². The van der Waals surface area contributed by atoms with Crippen molar-refractivity contribution < 1.29 is 14.3 Å². The van der Waals surface area contributed by atoms with Crippen LogP contribution < -0.4 is 10.6 Å². The van der Waals surface area contributed by atoms with Crippen molar-refractivity contribution in [3.63, 3.8) is 0 Å². The van der Waals surface area contributed by atoms with Crippen LogP contribution in [-0.2, 0) is 11.2 Å². The molecule has 0 aromatic heterocycles. The molecule has 0 spiro atoms. The molecular formula is C18H20N2O3. The van der Waals surface area contributed by atoms with Crippen molar-refractivity contribution in [2.24, 2.45) is 0 Å². The summed E-state index contributed by atoms with van der Waals surface area (Å²) in [6, 6.07) is 14.4. The molecule has 0 atom stereocenters. The molecule has 0 saturated heterocycles. The first-order chi connectivity index (χ1) is 11.1. The van der Waals surface area contributed by atoms with Crippen LogP contribution in [0, 0.1) is 6.92 Å².